The van der Waals surface area contributed by atoms with E-state index in [9.17, 15) is 0 Å². The zero-order chi connectivity index (χ0) is 12.8. The van der Waals surface area contributed by atoms with Crippen molar-refractivity contribution in [2.75, 3.05) is 12.3 Å². The summed E-state index contributed by atoms with van der Waals surface area (Å²) in [5.74, 6) is 1.96. The van der Waals surface area contributed by atoms with Crippen molar-refractivity contribution in [2.45, 2.75) is 24.2 Å². The third kappa shape index (κ3) is 4.51. The maximum absolute atomic E-state index is 5.87. The second-order valence-electron chi connectivity index (χ2n) is 3.56. The van der Waals surface area contributed by atoms with Gasteiger partial charge in [-0.3, -0.25) is 0 Å². The highest BCUT2D eigenvalue weighted by Crippen LogP contribution is 2.21. The molecule has 2 rings (SSSR count). The van der Waals surface area contributed by atoms with E-state index in [1.807, 2.05) is 6.07 Å². The maximum Gasteiger partial charge on any atom is 0.170 e. The van der Waals surface area contributed by atoms with Crippen LogP contribution >= 0.6 is 46.2 Å². The molecule has 2 heterocycles. The Balaban J connectivity index is 1.61. The summed E-state index contributed by atoms with van der Waals surface area (Å²) in [6.07, 6.45) is 0.911. The number of nitrogens with zero attached hydrogens (tertiary/aromatic N) is 2. The van der Waals surface area contributed by atoms with Crippen molar-refractivity contribution in [3.05, 3.63) is 27.2 Å². The van der Waals surface area contributed by atoms with E-state index in [4.69, 9.17) is 11.6 Å². The number of rotatable bonds is 7. The first-order valence-electron chi connectivity index (χ1n) is 5.68. The zero-order valence-corrected chi connectivity index (χ0v) is 13.2. The van der Waals surface area contributed by atoms with Crippen LogP contribution in [0.2, 0.25) is 4.34 Å². The number of hydrogen-bond donors (Lipinski definition) is 1. The van der Waals surface area contributed by atoms with Gasteiger partial charge in [0.2, 0.25) is 0 Å². The second kappa shape index (κ2) is 7.45. The van der Waals surface area contributed by atoms with Gasteiger partial charge in [-0.05, 0) is 23.7 Å². The normalized spacial score (nSPS) is 11.0. The van der Waals surface area contributed by atoms with Gasteiger partial charge in [-0.25, -0.2) is 4.98 Å². The summed E-state index contributed by atoms with van der Waals surface area (Å²) in [5, 5.41) is 3.39. The molecule has 0 spiro atoms. The first kappa shape index (κ1) is 14.3. The van der Waals surface area contributed by atoms with E-state index in [0.717, 1.165) is 39.8 Å². The summed E-state index contributed by atoms with van der Waals surface area (Å²) in [5.41, 5.74) is 0. The fraction of sp³-hybridized carbons (Fsp3) is 0.455. The van der Waals surface area contributed by atoms with Gasteiger partial charge in [-0.1, -0.05) is 30.3 Å². The Hall–Kier alpha value is -0.140. The quantitative estimate of drug-likeness (QED) is 0.624. The van der Waals surface area contributed by atoms with Crippen LogP contribution in [0, 0.1) is 0 Å². The van der Waals surface area contributed by atoms with Crippen LogP contribution in [-0.2, 0) is 13.0 Å². The highest BCUT2D eigenvalue weighted by Gasteiger charge is 2.02. The van der Waals surface area contributed by atoms with E-state index < -0.39 is 0 Å². The Morgan fingerprint density at radius 2 is 2.33 bits per heavy atom. The number of aromatic nitrogens is 2. The van der Waals surface area contributed by atoms with E-state index >= 15 is 0 Å². The molecule has 98 valence electrons. The molecule has 0 atom stereocenters. The van der Waals surface area contributed by atoms with E-state index in [1.54, 1.807) is 23.1 Å². The van der Waals surface area contributed by atoms with Gasteiger partial charge in [-0.15, -0.1) is 11.3 Å². The average molecular weight is 320 g/mol. The summed E-state index contributed by atoms with van der Waals surface area (Å²) in [4.78, 5) is 5.69. The molecule has 1 N–H and O–H groups in total. The van der Waals surface area contributed by atoms with Crippen LogP contribution in [0.5, 0.6) is 0 Å². The van der Waals surface area contributed by atoms with Gasteiger partial charge in [0.1, 0.15) is 5.82 Å². The molecule has 18 heavy (non-hydrogen) atoms. The largest absolute Gasteiger partial charge is 0.311 e. The average Bonchev–Trinajstić information content (AvgIpc) is 2.98. The number of halogens is 1. The van der Waals surface area contributed by atoms with Crippen LogP contribution in [0.25, 0.3) is 0 Å². The molecule has 0 aromatic carbocycles. The maximum atomic E-state index is 5.87. The first-order valence-corrected chi connectivity index (χ1v) is 8.63. The fourth-order valence-electron chi connectivity index (χ4n) is 1.31. The monoisotopic (exact) mass is 319 g/mol. The molecule has 0 aliphatic rings. The van der Waals surface area contributed by atoms with Gasteiger partial charge in [0.15, 0.2) is 4.34 Å². The molecule has 0 amide bonds. The molecule has 2 aromatic heterocycles. The van der Waals surface area contributed by atoms with Crippen molar-refractivity contribution < 1.29 is 0 Å². The first-order chi connectivity index (χ1) is 8.78. The molecule has 0 aliphatic carbocycles. The molecule has 0 radical (unpaired) electrons. The molecular weight excluding hydrogens is 306 g/mol. The Labute approximate surface area is 124 Å². The van der Waals surface area contributed by atoms with Gasteiger partial charge in [0.25, 0.3) is 0 Å². The Bertz CT molecular complexity index is 483. The minimum absolute atomic E-state index is 0.849. The SMILES string of the molecule is CCc1nsc(SCCNCc2ccc(Cl)s2)n1. The molecule has 3 nitrogen and oxygen atoms in total. The molecular formula is C11H14ClN3S3. The van der Waals surface area contributed by atoms with Gasteiger partial charge < -0.3 is 5.32 Å². The third-order valence-corrected chi connectivity index (χ3v) is 5.30. The van der Waals surface area contributed by atoms with Crippen LogP contribution in [0.4, 0.5) is 0 Å². The summed E-state index contributed by atoms with van der Waals surface area (Å²) in [7, 11) is 0. The van der Waals surface area contributed by atoms with Gasteiger partial charge in [-0.2, -0.15) is 4.37 Å². The highest BCUT2D eigenvalue weighted by atomic mass is 35.5. The van der Waals surface area contributed by atoms with Crippen molar-refractivity contribution >= 4 is 46.2 Å². The lowest BCUT2D eigenvalue weighted by atomic mass is 10.4. The van der Waals surface area contributed by atoms with Crippen molar-refractivity contribution in [3.63, 3.8) is 0 Å². The molecule has 0 aliphatic heterocycles. The van der Waals surface area contributed by atoms with Gasteiger partial charge in [0, 0.05) is 30.1 Å². The third-order valence-electron chi connectivity index (χ3n) is 2.20. The smallest absolute Gasteiger partial charge is 0.170 e. The molecule has 0 fully saturated rings. The topological polar surface area (TPSA) is 37.8 Å². The molecule has 0 bridgehead atoms. The summed E-state index contributed by atoms with van der Waals surface area (Å²) >= 11 is 10.7. The van der Waals surface area contributed by atoms with Gasteiger partial charge in [0.05, 0.1) is 4.34 Å². The number of thioether (sulfide) groups is 1. The van der Waals surface area contributed by atoms with Crippen molar-refractivity contribution in [2.24, 2.45) is 0 Å². The molecule has 7 heteroatoms. The lowest BCUT2D eigenvalue weighted by Crippen LogP contribution is -2.15. The number of hydrogen-bond acceptors (Lipinski definition) is 6. The molecule has 0 saturated carbocycles. The second-order valence-corrected chi connectivity index (χ2v) is 7.45. The number of thiophene rings is 1. The minimum Gasteiger partial charge on any atom is -0.311 e. The Morgan fingerprint density at radius 3 is 3.00 bits per heavy atom. The van der Waals surface area contributed by atoms with E-state index in [2.05, 4.69) is 27.7 Å². The predicted octanol–water partition coefficient (Wildman–Crippen LogP) is 3.70. The number of nitrogens with one attached hydrogen (secondary N) is 1. The molecule has 0 saturated heterocycles. The summed E-state index contributed by atoms with van der Waals surface area (Å²) < 4.78 is 6.17. The van der Waals surface area contributed by atoms with Crippen LogP contribution in [0.1, 0.15) is 17.6 Å². The molecule has 0 unspecified atom stereocenters. The van der Waals surface area contributed by atoms with Crippen LogP contribution in [-0.4, -0.2) is 21.7 Å². The minimum atomic E-state index is 0.849. The predicted molar refractivity (Wildman–Crippen MR) is 81.0 cm³/mol. The standard InChI is InChI=1S/C11H14ClN3S3/c1-2-10-14-11(18-15-10)16-6-5-13-7-8-3-4-9(12)17-8/h3-4,13H,2,5-7H2,1H3. The van der Waals surface area contributed by atoms with Crippen LogP contribution < -0.4 is 5.32 Å². The Morgan fingerprint density at radius 1 is 1.44 bits per heavy atom. The summed E-state index contributed by atoms with van der Waals surface area (Å²) in [6, 6.07) is 4.00. The lowest BCUT2D eigenvalue weighted by molar-refractivity contribution is 0.741. The van der Waals surface area contributed by atoms with Crippen LogP contribution in [0.15, 0.2) is 16.5 Å². The van der Waals surface area contributed by atoms with Crippen molar-refractivity contribution in [3.8, 4) is 0 Å². The van der Waals surface area contributed by atoms with E-state index in [1.165, 1.54) is 16.4 Å². The van der Waals surface area contributed by atoms with Crippen LogP contribution in [0.3, 0.4) is 0 Å². The highest BCUT2D eigenvalue weighted by molar-refractivity contribution is 8.00. The molecule has 2 aromatic rings. The Kier molecular flexibility index (Phi) is 5.91. The van der Waals surface area contributed by atoms with Crippen molar-refractivity contribution in [1.29, 1.82) is 0 Å². The fourth-order valence-corrected chi connectivity index (χ4v) is 4.03. The van der Waals surface area contributed by atoms with E-state index in [0.29, 0.717) is 0 Å². The number of aryl methyl sites for hydroxylation is 1. The zero-order valence-electron chi connectivity index (χ0n) is 9.98. The summed E-state index contributed by atoms with van der Waals surface area (Å²) in [6.45, 7) is 3.92. The van der Waals surface area contributed by atoms with Crippen molar-refractivity contribution in [1.82, 2.24) is 14.7 Å². The van der Waals surface area contributed by atoms with Gasteiger partial charge >= 0.3 is 0 Å². The lowest BCUT2D eigenvalue weighted by Gasteiger charge is -2.00. The van der Waals surface area contributed by atoms with E-state index in [-0.39, 0.29) is 0 Å².